The van der Waals surface area contributed by atoms with E-state index in [1.165, 1.54) is 23.5 Å². The second-order valence-corrected chi connectivity index (χ2v) is 4.78. The van der Waals surface area contributed by atoms with E-state index in [0.717, 1.165) is 0 Å². The van der Waals surface area contributed by atoms with Gasteiger partial charge in [-0.25, -0.2) is 4.39 Å². The van der Waals surface area contributed by atoms with Crippen LogP contribution in [0.3, 0.4) is 0 Å². The number of thiazole rings is 1. The lowest BCUT2D eigenvalue weighted by molar-refractivity contribution is 0.298. The lowest BCUT2D eigenvalue weighted by Crippen LogP contribution is -1.98. The third-order valence-corrected chi connectivity index (χ3v) is 3.45. The molecule has 0 N–H and O–H groups in total. The van der Waals surface area contributed by atoms with Crippen molar-refractivity contribution in [3.8, 4) is 11.3 Å². The molecule has 0 saturated heterocycles. The second kappa shape index (κ2) is 5.25. The average Bonchev–Trinajstić information content (AvgIpc) is 2.73. The van der Waals surface area contributed by atoms with Gasteiger partial charge < -0.3 is 4.74 Å². The molecule has 0 atom stereocenters. The van der Waals surface area contributed by atoms with Crippen molar-refractivity contribution in [2.45, 2.75) is 6.61 Å². The Morgan fingerprint density at radius 3 is 2.94 bits per heavy atom. The minimum Gasteiger partial charge on any atom is -0.465 e. The summed E-state index contributed by atoms with van der Waals surface area (Å²) >= 11 is 4.53. The molecule has 0 amide bonds. The molecule has 0 aliphatic rings. The third-order valence-electron chi connectivity index (χ3n) is 1.99. The van der Waals surface area contributed by atoms with Gasteiger partial charge in [0, 0.05) is 10.9 Å². The summed E-state index contributed by atoms with van der Waals surface area (Å²) in [4.78, 5) is 4.03. The van der Waals surface area contributed by atoms with Crippen LogP contribution in [0.4, 0.5) is 4.39 Å². The molecule has 3 nitrogen and oxygen atoms in total. The minimum atomic E-state index is -0.445. The molecule has 0 fully saturated rings. The summed E-state index contributed by atoms with van der Waals surface area (Å²) < 4.78 is 19.5. The van der Waals surface area contributed by atoms with Gasteiger partial charge in [-0.3, -0.25) is 0 Å². The summed E-state index contributed by atoms with van der Waals surface area (Å²) in [5.74, 6) is -0.445. The van der Waals surface area contributed by atoms with Crippen LogP contribution in [0.25, 0.3) is 0 Å². The summed E-state index contributed by atoms with van der Waals surface area (Å²) in [7, 11) is 0. The van der Waals surface area contributed by atoms with Crippen molar-refractivity contribution < 1.29 is 9.13 Å². The first-order valence-electron chi connectivity index (χ1n) is 4.61. The van der Waals surface area contributed by atoms with Crippen LogP contribution in [0.5, 0.6) is 5.19 Å². The van der Waals surface area contributed by atoms with E-state index < -0.39 is 5.82 Å². The summed E-state index contributed by atoms with van der Waals surface area (Å²) in [6.07, 6.45) is 0. The molecule has 0 unspecified atom stereocenters. The normalized spacial score (nSPS) is 9.94. The Kier molecular flexibility index (Phi) is 3.71. The number of nitriles is 1. The predicted octanol–water partition coefficient (Wildman–Crippen LogP) is 3.50. The van der Waals surface area contributed by atoms with Crippen LogP contribution >= 0.6 is 27.3 Å². The molecule has 1 aromatic heterocycles. The van der Waals surface area contributed by atoms with Crippen LogP contribution in [-0.4, -0.2) is 4.98 Å². The van der Waals surface area contributed by atoms with Gasteiger partial charge in [0.1, 0.15) is 17.0 Å². The second-order valence-electron chi connectivity index (χ2n) is 3.14. The zero-order valence-corrected chi connectivity index (χ0v) is 10.9. The minimum absolute atomic E-state index is 0.0947. The van der Waals surface area contributed by atoms with Crippen molar-refractivity contribution in [2.75, 3.05) is 0 Å². The molecule has 6 heteroatoms. The fourth-order valence-electron chi connectivity index (χ4n) is 1.18. The van der Waals surface area contributed by atoms with Gasteiger partial charge in [0.05, 0.1) is 11.6 Å². The Hall–Kier alpha value is -1.45. The summed E-state index contributed by atoms with van der Waals surface area (Å²) in [5, 5.41) is 10.9. The molecule has 0 radical (unpaired) electrons. The maximum absolute atomic E-state index is 13.5. The molecule has 86 valence electrons. The van der Waals surface area contributed by atoms with Gasteiger partial charge in [0.15, 0.2) is 0 Å². The van der Waals surface area contributed by atoms with Gasteiger partial charge in [-0.1, -0.05) is 17.4 Å². The van der Waals surface area contributed by atoms with Gasteiger partial charge in [-0.15, -0.1) is 0 Å². The SMILES string of the molecule is N#Cc1ccc(COc2nc(Br)cs2)c(F)c1. The van der Waals surface area contributed by atoms with Crippen LogP contribution in [0, 0.1) is 17.1 Å². The molecule has 1 aromatic carbocycles. The van der Waals surface area contributed by atoms with Crippen molar-refractivity contribution >= 4 is 27.3 Å². The van der Waals surface area contributed by atoms with Crippen molar-refractivity contribution in [1.82, 2.24) is 4.98 Å². The smallest absolute Gasteiger partial charge is 0.274 e. The largest absolute Gasteiger partial charge is 0.465 e. The molecule has 0 spiro atoms. The van der Waals surface area contributed by atoms with Crippen molar-refractivity contribution in [1.29, 1.82) is 5.26 Å². The quantitative estimate of drug-likeness (QED) is 0.871. The molecule has 0 saturated carbocycles. The molecular formula is C11H6BrFN2OS. The first-order chi connectivity index (χ1) is 8.19. The monoisotopic (exact) mass is 312 g/mol. The number of hydrogen-bond acceptors (Lipinski definition) is 4. The summed E-state index contributed by atoms with van der Waals surface area (Å²) in [5.41, 5.74) is 0.693. The Bertz CT molecular complexity index is 579. The highest BCUT2D eigenvalue weighted by Crippen LogP contribution is 2.23. The van der Waals surface area contributed by atoms with Crippen LogP contribution in [0.2, 0.25) is 0 Å². The Balaban J connectivity index is 2.07. The number of halogens is 2. The van der Waals surface area contributed by atoms with Gasteiger partial charge in [-0.05, 0) is 28.1 Å². The molecule has 0 bridgehead atoms. The predicted molar refractivity (Wildman–Crippen MR) is 65.3 cm³/mol. The Morgan fingerprint density at radius 1 is 1.53 bits per heavy atom. The first-order valence-corrected chi connectivity index (χ1v) is 6.28. The molecule has 0 aliphatic heterocycles. The summed E-state index contributed by atoms with van der Waals surface area (Å²) in [6, 6.07) is 6.16. The van der Waals surface area contributed by atoms with E-state index in [4.69, 9.17) is 10.00 Å². The fourth-order valence-corrected chi connectivity index (χ4v) is 2.27. The van der Waals surface area contributed by atoms with E-state index >= 15 is 0 Å². The maximum Gasteiger partial charge on any atom is 0.274 e. The molecule has 2 aromatic rings. The number of rotatable bonds is 3. The highest BCUT2D eigenvalue weighted by atomic mass is 79.9. The van der Waals surface area contributed by atoms with E-state index in [0.29, 0.717) is 20.9 Å². The molecular weight excluding hydrogens is 307 g/mol. The third kappa shape index (κ3) is 3.02. The molecule has 2 rings (SSSR count). The van der Waals surface area contributed by atoms with Crippen molar-refractivity contribution in [3.05, 3.63) is 45.1 Å². The fraction of sp³-hybridized carbons (Fsp3) is 0.0909. The van der Waals surface area contributed by atoms with Crippen LogP contribution in [0.15, 0.2) is 28.2 Å². The zero-order chi connectivity index (χ0) is 12.3. The van der Waals surface area contributed by atoms with Gasteiger partial charge in [0.2, 0.25) is 0 Å². The van der Waals surface area contributed by atoms with Gasteiger partial charge in [0.25, 0.3) is 5.19 Å². The Labute approximate surface area is 110 Å². The topological polar surface area (TPSA) is 45.9 Å². The highest BCUT2D eigenvalue weighted by Gasteiger charge is 2.06. The maximum atomic E-state index is 13.5. The standard InChI is InChI=1S/C11H6BrFN2OS/c12-10-6-17-11(15-10)16-5-8-2-1-7(4-14)3-9(8)13/h1-3,6H,5H2. The van der Waals surface area contributed by atoms with Crippen LogP contribution < -0.4 is 4.74 Å². The lowest BCUT2D eigenvalue weighted by atomic mass is 10.1. The first kappa shape index (κ1) is 12.0. The van der Waals surface area contributed by atoms with E-state index in [9.17, 15) is 4.39 Å². The van der Waals surface area contributed by atoms with Crippen molar-refractivity contribution in [3.63, 3.8) is 0 Å². The molecule has 0 aliphatic carbocycles. The van der Waals surface area contributed by atoms with E-state index in [-0.39, 0.29) is 6.61 Å². The van der Waals surface area contributed by atoms with E-state index in [1.54, 1.807) is 11.4 Å². The zero-order valence-electron chi connectivity index (χ0n) is 8.48. The highest BCUT2D eigenvalue weighted by molar-refractivity contribution is 9.10. The van der Waals surface area contributed by atoms with Crippen molar-refractivity contribution in [2.24, 2.45) is 0 Å². The number of aromatic nitrogens is 1. The molecule has 17 heavy (non-hydrogen) atoms. The number of benzene rings is 1. The van der Waals surface area contributed by atoms with Gasteiger partial charge >= 0.3 is 0 Å². The summed E-state index contributed by atoms with van der Waals surface area (Å²) in [6.45, 7) is 0.0947. The number of hydrogen-bond donors (Lipinski definition) is 0. The molecule has 1 heterocycles. The van der Waals surface area contributed by atoms with E-state index in [2.05, 4.69) is 20.9 Å². The van der Waals surface area contributed by atoms with E-state index in [1.807, 2.05) is 6.07 Å². The Morgan fingerprint density at radius 2 is 2.35 bits per heavy atom. The number of ether oxygens (including phenoxy) is 1. The van der Waals surface area contributed by atoms with Gasteiger partial charge in [-0.2, -0.15) is 10.2 Å². The van der Waals surface area contributed by atoms with Crippen LogP contribution in [0.1, 0.15) is 11.1 Å². The average molecular weight is 313 g/mol. The van der Waals surface area contributed by atoms with Crippen LogP contribution in [-0.2, 0) is 6.61 Å². The lowest BCUT2D eigenvalue weighted by Gasteiger charge is -2.03. The number of nitrogens with zero attached hydrogens (tertiary/aromatic N) is 2.